The van der Waals surface area contributed by atoms with Gasteiger partial charge in [-0.1, -0.05) is 11.6 Å². The Hall–Kier alpha value is -0.330. The fourth-order valence-electron chi connectivity index (χ4n) is 1.23. The molecule has 3 nitrogen and oxygen atoms in total. The Kier molecular flexibility index (Phi) is 3.48. The summed E-state index contributed by atoms with van der Waals surface area (Å²) in [6, 6.07) is 5.42. The minimum atomic E-state index is -0.0957. The van der Waals surface area contributed by atoms with Crippen LogP contribution < -0.4 is 5.32 Å². The van der Waals surface area contributed by atoms with E-state index in [4.69, 9.17) is 16.3 Å². The summed E-state index contributed by atoms with van der Waals surface area (Å²) < 4.78 is 5.91. The molecule has 0 saturated carbocycles. The average Bonchev–Trinajstić information content (AvgIpc) is 2.15. The molecule has 15 heavy (non-hydrogen) atoms. The van der Waals surface area contributed by atoms with Gasteiger partial charge in [0, 0.05) is 9.13 Å². The van der Waals surface area contributed by atoms with Crippen LogP contribution >= 0.6 is 34.2 Å². The highest BCUT2D eigenvalue weighted by molar-refractivity contribution is 14.1. The Morgan fingerprint density at radius 2 is 2.27 bits per heavy atom. The molecule has 5 heteroatoms. The SMILES string of the molecule is O=C(NC1COC1)c1ccc(I)c(Cl)c1. The van der Waals surface area contributed by atoms with Gasteiger partial charge in [0.05, 0.1) is 24.3 Å². The summed E-state index contributed by atoms with van der Waals surface area (Å²) in [5.41, 5.74) is 0.590. The molecule has 1 heterocycles. The fourth-order valence-corrected chi connectivity index (χ4v) is 1.74. The summed E-state index contributed by atoms with van der Waals surface area (Å²) in [5, 5.41) is 3.46. The maximum absolute atomic E-state index is 11.7. The predicted molar refractivity (Wildman–Crippen MR) is 66.2 cm³/mol. The quantitative estimate of drug-likeness (QED) is 0.839. The van der Waals surface area contributed by atoms with Gasteiger partial charge >= 0.3 is 0 Å². The van der Waals surface area contributed by atoms with E-state index in [1.807, 2.05) is 6.07 Å². The lowest BCUT2D eigenvalue weighted by molar-refractivity contribution is -0.00346. The van der Waals surface area contributed by atoms with Crippen molar-refractivity contribution in [2.24, 2.45) is 0 Å². The second-order valence-corrected chi connectivity index (χ2v) is 4.91. The van der Waals surface area contributed by atoms with Gasteiger partial charge in [-0.2, -0.15) is 0 Å². The van der Waals surface area contributed by atoms with E-state index in [0.717, 1.165) is 3.57 Å². The summed E-state index contributed by atoms with van der Waals surface area (Å²) in [7, 11) is 0. The summed E-state index contributed by atoms with van der Waals surface area (Å²) in [4.78, 5) is 11.7. The van der Waals surface area contributed by atoms with Crippen LogP contribution in [0.15, 0.2) is 18.2 Å². The first kappa shape index (κ1) is 11.2. The van der Waals surface area contributed by atoms with Gasteiger partial charge in [0.25, 0.3) is 5.91 Å². The maximum Gasteiger partial charge on any atom is 0.251 e. The topological polar surface area (TPSA) is 38.3 Å². The van der Waals surface area contributed by atoms with E-state index in [9.17, 15) is 4.79 Å². The third-order valence-corrected chi connectivity index (χ3v) is 3.73. The lowest BCUT2D eigenvalue weighted by Gasteiger charge is -2.26. The number of carbonyl (C=O) groups excluding carboxylic acids is 1. The number of carbonyl (C=O) groups is 1. The molecule has 0 radical (unpaired) electrons. The van der Waals surface area contributed by atoms with Crippen molar-refractivity contribution in [3.63, 3.8) is 0 Å². The van der Waals surface area contributed by atoms with Crippen LogP contribution in [-0.2, 0) is 4.74 Å². The molecular formula is C10H9ClINO2. The smallest absolute Gasteiger partial charge is 0.251 e. The van der Waals surface area contributed by atoms with Crippen molar-refractivity contribution in [2.45, 2.75) is 6.04 Å². The zero-order chi connectivity index (χ0) is 10.8. The summed E-state index contributed by atoms with van der Waals surface area (Å²) >= 11 is 8.05. The second kappa shape index (κ2) is 4.67. The molecule has 1 saturated heterocycles. The van der Waals surface area contributed by atoms with E-state index in [1.54, 1.807) is 12.1 Å². The first-order valence-electron chi connectivity index (χ1n) is 4.50. The van der Waals surface area contributed by atoms with Crippen LogP contribution in [-0.4, -0.2) is 25.2 Å². The molecule has 1 amide bonds. The molecule has 0 spiro atoms. The van der Waals surface area contributed by atoms with Gasteiger partial charge in [-0.05, 0) is 40.8 Å². The Morgan fingerprint density at radius 1 is 1.53 bits per heavy atom. The predicted octanol–water partition coefficient (Wildman–Crippen LogP) is 2.07. The minimum Gasteiger partial charge on any atom is -0.377 e. The van der Waals surface area contributed by atoms with Gasteiger partial charge in [0.1, 0.15) is 0 Å². The molecule has 1 aromatic carbocycles. The van der Waals surface area contributed by atoms with E-state index in [2.05, 4.69) is 27.9 Å². The highest BCUT2D eigenvalue weighted by Crippen LogP contribution is 2.19. The summed E-state index contributed by atoms with van der Waals surface area (Å²) in [6.07, 6.45) is 0. The molecule has 0 bridgehead atoms. The van der Waals surface area contributed by atoms with Crippen molar-refractivity contribution in [1.82, 2.24) is 5.32 Å². The Balaban J connectivity index is 2.07. The number of halogens is 2. The molecule has 1 aliphatic heterocycles. The van der Waals surface area contributed by atoms with Gasteiger partial charge in [-0.15, -0.1) is 0 Å². The second-order valence-electron chi connectivity index (χ2n) is 3.34. The van der Waals surface area contributed by atoms with Crippen molar-refractivity contribution in [3.8, 4) is 0 Å². The van der Waals surface area contributed by atoms with Crippen LogP contribution in [0, 0.1) is 3.57 Å². The van der Waals surface area contributed by atoms with Gasteiger partial charge < -0.3 is 10.1 Å². The highest BCUT2D eigenvalue weighted by Gasteiger charge is 2.21. The Labute approximate surface area is 106 Å². The van der Waals surface area contributed by atoms with Crippen molar-refractivity contribution in [3.05, 3.63) is 32.4 Å². The van der Waals surface area contributed by atoms with Crippen molar-refractivity contribution in [1.29, 1.82) is 0 Å². The van der Waals surface area contributed by atoms with Crippen molar-refractivity contribution < 1.29 is 9.53 Å². The van der Waals surface area contributed by atoms with Crippen LogP contribution in [0.1, 0.15) is 10.4 Å². The molecule has 1 aromatic rings. The number of benzene rings is 1. The standard InChI is InChI=1S/C10H9ClINO2/c11-8-3-6(1-2-9(8)12)10(14)13-7-4-15-5-7/h1-3,7H,4-5H2,(H,13,14). The molecule has 1 fully saturated rings. The van der Waals surface area contributed by atoms with Gasteiger partial charge in [0.15, 0.2) is 0 Å². The Bertz CT molecular complexity index is 393. The Morgan fingerprint density at radius 3 is 2.80 bits per heavy atom. The van der Waals surface area contributed by atoms with E-state index in [1.165, 1.54) is 0 Å². The molecule has 1 N–H and O–H groups in total. The number of hydrogen-bond acceptors (Lipinski definition) is 2. The van der Waals surface area contributed by atoms with Crippen LogP contribution in [0.5, 0.6) is 0 Å². The third-order valence-electron chi connectivity index (χ3n) is 2.16. The highest BCUT2D eigenvalue weighted by atomic mass is 127. The van der Waals surface area contributed by atoms with Gasteiger partial charge in [-0.3, -0.25) is 4.79 Å². The summed E-state index contributed by atoms with van der Waals surface area (Å²) in [6.45, 7) is 1.20. The largest absolute Gasteiger partial charge is 0.377 e. The third kappa shape index (κ3) is 2.62. The van der Waals surface area contributed by atoms with E-state index in [-0.39, 0.29) is 11.9 Å². The van der Waals surface area contributed by atoms with Gasteiger partial charge in [0.2, 0.25) is 0 Å². The van der Waals surface area contributed by atoms with Crippen molar-refractivity contribution in [2.75, 3.05) is 13.2 Å². The number of ether oxygens (including phenoxy) is 1. The maximum atomic E-state index is 11.7. The van der Waals surface area contributed by atoms with Crippen molar-refractivity contribution >= 4 is 40.1 Å². The first-order valence-corrected chi connectivity index (χ1v) is 5.96. The van der Waals surface area contributed by atoms with E-state index in [0.29, 0.717) is 23.8 Å². The lowest BCUT2D eigenvalue weighted by Crippen LogP contribution is -2.48. The van der Waals surface area contributed by atoms with E-state index >= 15 is 0 Å². The molecular weight excluding hydrogens is 328 g/mol. The monoisotopic (exact) mass is 337 g/mol. The molecule has 0 unspecified atom stereocenters. The van der Waals surface area contributed by atoms with Crippen LogP contribution in [0.25, 0.3) is 0 Å². The summed E-state index contributed by atoms with van der Waals surface area (Å²) in [5.74, 6) is -0.0957. The van der Waals surface area contributed by atoms with Crippen LogP contribution in [0.3, 0.4) is 0 Å². The molecule has 80 valence electrons. The van der Waals surface area contributed by atoms with Crippen LogP contribution in [0.2, 0.25) is 5.02 Å². The van der Waals surface area contributed by atoms with Gasteiger partial charge in [-0.25, -0.2) is 0 Å². The molecule has 0 aromatic heterocycles. The normalized spacial score (nSPS) is 15.9. The molecule has 0 atom stereocenters. The first-order chi connectivity index (χ1) is 7.16. The minimum absolute atomic E-state index is 0.0957. The number of rotatable bonds is 2. The fraction of sp³-hybridized carbons (Fsp3) is 0.300. The average molecular weight is 338 g/mol. The van der Waals surface area contributed by atoms with Crippen LogP contribution in [0.4, 0.5) is 0 Å². The number of hydrogen-bond donors (Lipinski definition) is 1. The zero-order valence-corrected chi connectivity index (χ0v) is 10.7. The van der Waals surface area contributed by atoms with E-state index < -0.39 is 0 Å². The zero-order valence-electron chi connectivity index (χ0n) is 7.80. The molecule has 2 rings (SSSR count). The molecule has 1 aliphatic rings. The molecule has 0 aliphatic carbocycles. The number of amides is 1. The lowest BCUT2D eigenvalue weighted by atomic mass is 10.2. The number of nitrogens with one attached hydrogen (secondary N) is 1.